The van der Waals surface area contributed by atoms with Crippen LogP contribution in [0.25, 0.3) is 0 Å². The summed E-state index contributed by atoms with van der Waals surface area (Å²) in [7, 11) is 0. The van der Waals surface area contributed by atoms with Crippen molar-refractivity contribution in [2.45, 2.75) is 31.5 Å². The number of thiophene rings is 1. The van der Waals surface area contributed by atoms with Gasteiger partial charge in [0, 0.05) is 15.6 Å². The molecule has 0 nitrogen and oxygen atoms in total. The minimum Gasteiger partial charge on any atom is -0.148 e. The van der Waals surface area contributed by atoms with Crippen molar-refractivity contribution in [1.29, 1.82) is 0 Å². The minimum absolute atomic E-state index is 0.569. The van der Waals surface area contributed by atoms with Gasteiger partial charge in [-0.3, -0.25) is 0 Å². The van der Waals surface area contributed by atoms with Crippen molar-refractivity contribution in [3.05, 3.63) is 21.9 Å². The summed E-state index contributed by atoms with van der Waals surface area (Å²) in [6, 6.07) is 2.19. The van der Waals surface area contributed by atoms with E-state index in [2.05, 4.69) is 48.1 Å². The van der Waals surface area contributed by atoms with E-state index in [0.717, 1.165) is 0 Å². The van der Waals surface area contributed by atoms with Gasteiger partial charge in [-0.2, -0.15) is 0 Å². The van der Waals surface area contributed by atoms with Gasteiger partial charge in [0.2, 0.25) is 0 Å². The molecule has 2 heteroatoms. The summed E-state index contributed by atoms with van der Waals surface area (Å²) in [5, 5.41) is 2.16. The molecule has 0 N–H and O–H groups in total. The van der Waals surface area contributed by atoms with Crippen LogP contribution in [0.3, 0.4) is 0 Å². The zero-order valence-corrected chi connectivity index (χ0v) is 9.50. The molecule has 0 saturated carbocycles. The third-order valence-electron chi connectivity index (χ3n) is 2.00. The number of hydrogen-bond donors (Lipinski definition) is 0. The molecule has 0 aliphatic rings. The average Bonchev–Trinajstić information content (AvgIpc) is 2.33. The molecule has 0 aliphatic heterocycles. The monoisotopic (exact) mass is 232 g/mol. The molecule has 0 spiro atoms. The lowest BCUT2D eigenvalue weighted by atomic mass is 10.0. The van der Waals surface area contributed by atoms with Crippen molar-refractivity contribution in [3.8, 4) is 0 Å². The van der Waals surface area contributed by atoms with E-state index in [4.69, 9.17) is 0 Å². The lowest BCUT2D eigenvalue weighted by Crippen LogP contribution is -2.03. The van der Waals surface area contributed by atoms with E-state index in [1.165, 1.54) is 10.4 Å². The first-order chi connectivity index (χ1) is 5.13. The molecule has 0 saturated heterocycles. The minimum atomic E-state index is 0.569. The van der Waals surface area contributed by atoms with Crippen LogP contribution in [0.15, 0.2) is 11.4 Å². The number of rotatable bonds is 2. The second kappa shape index (κ2) is 3.72. The topological polar surface area (TPSA) is 0 Å². The number of hydrogen-bond acceptors (Lipinski definition) is 1. The van der Waals surface area contributed by atoms with Crippen molar-refractivity contribution in [2.24, 2.45) is 0 Å². The lowest BCUT2D eigenvalue weighted by molar-refractivity contribution is 0.772. The van der Waals surface area contributed by atoms with Crippen LogP contribution < -0.4 is 0 Å². The maximum absolute atomic E-state index is 3.60. The zero-order chi connectivity index (χ0) is 8.43. The van der Waals surface area contributed by atoms with E-state index in [1.807, 2.05) is 11.3 Å². The van der Waals surface area contributed by atoms with E-state index in [0.29, 0.717) is 10.7 Å². The molecule has 0 fully saturated rings. The smallest absolute Gasteiger partial charge is 0.0191 e. The normalized spacial score (nSPS) is 16.4. The highest BCUT2D eigenvalue weighted by molar-refractivity contribution is 9.09. The molecule has 0 bridgehead atoms. The summed E-state index contributed by atoms with van der Waals surface area (Å²) < 4.78 is 0. The Morgan fingerprint density at radius 1 is 1.45 bits per heavy atom. The summed E-state index contributed by atoms with van der Waals surface area (Å²) in [6.45, 7) is 6.64. The molecule has 2 atom stereocenters. The first-order valence-corrected chi connectivity index (χ1v) is 5.60. The van der Waals surface area contributed by atoms with Crippen molar-refractivity contribution < 1.29 is 0 Å². The van der Waals surface area contributed by atoms with Crippen LogP contribution >= 0.6 is 27.3 Å². The van der Waals surface area contributed by atoms with Crippen LogP contribution in [0.4, 0.5) is 0 Å². The van der Waals surface area contributed by atoms with E-state index in [9.17, 15) is 0 Å². The van der Waals surface area contributed by atoms with Crippen molar-refractivity contribution in [1.82, 2.24) is 0 Å². The summed E-state index contributed by atoms with van der Waals surface area (Å²) in [5.74, 6) is 0.634. The third kappa shape index (κ3) is 2.06. The van der Waals surface area contributed by atoms with Crippen LogP contribution in [0.5, 0.6) is 0 Å². The predicted molar refractivity (Wildman–Crippen MR) is 55.9 cm³/mol. The average molecular weight is 233 g/mol. The van der Waals surface area contributed by atoms with Gasteiger partial charge < -0.3 is 0 Å². The Bertz CT molecular complexity index is 227. The van der Waals surface area contributed by atoms with Gasteiger partial charge in [0.25, 0.3) is 0 Å². The summed E-state index contributed by atoms with van der Waals surface area (Å²) in [4.78, 5) is 2.08. The Morgan fingerprint density at radius 3 is 2.45 bits per heavy atom. The Kier molecular flexibility index (Phi) is 3.14. The highest BCUT2D eigenvalue weighted by atomic mass is 79.9. The Hall–Kier alpha value is 0.180. The molecule has 0 aliphatic carbocycles. The van der Waals surface area contributed by atoms with E-state index < -0.39 is 0 Å². The van der Waals surface area contributed by atoms with Crippen LogP contribution in [-0.4, -0.2) is 4.83 Å². The second-order valence-corrected chi connectivity index (χ2v) is 5.33. The SMILES string of the molecule is Cc1ccsc1C(C)C(C)Br. The lowest BCUT2D eigenvalue weighted by Gasteiger charge is -2.12. The van der Waals surface area contributed by atoms with Crippen LogP contribution in [-0.2, 0) is 0 Å². The molecule has 1 heterocycles. The fraction of sp³-hybridized carbons (Fsp3) is 0.556. The standard InChI is InChI=1S/C9H13BrS/c1-6-4-5-11-9(6)7(2)8(3)10/h4-5,7-8H,1-3H3. The molecule has 1 aromatic heterocycles. The van der Waals surface area contributed by atoms with E-state index >= 15 is 0 Å². The molecule has 1 aromatic rings. The molecule has 0 radical (unpaired) electrons. The highest BCUT2D eigenvalue weighted by Crippen LogP contribution is 2.30. The molecular weight excluding hydrogens is 220 g/mol. The first kappa shape index (κ1) is 9.27. The molecule has 11 heavy (non-hydrogen) atoms. The number of aryl methyl sites for hydroxylation is 1. The van der Waals surface area contributed by atoms with Crippen molar-refractivity contribution in [3.63, 3.8) is 0 Å². The molecule has 2 unspecified atom stereocenters. The zero-order valence-electron chi connectivity index (χ0n) is 7.10. The Balaban J connectivity index is 2.84. The molecule has 0 aromatic carbocycles. The van der Waals surface area contributed by atoms with Gasteiger partial charge in [0.1, 0.15) is 0 Å². The predicted octanol–water partition coefficient (Wildman–Crippen LogP) is 3.94. The van der Waals surface area contributed by atoms with Crippen LogP contribution in [0, 0.1) is 6.92 Å². The number of halogens is 1. The van der Waals surface area contributed by atoms with Gasteiger partial charge in [0.05, 0.1) is 0 Å². The molecule has 1 rings (SSSR count). The number of alkyl halides is 1. The van der Waals surface area contributed by atoms with Crippen molar-refractivity contribution >= 4 is 27.3 Å². The maximum atomic E-state index is 3.60. The van der Waals surface area contributed by atoms with Gasteiger partial charge in [0.15, 0.2) is 0 Å². The Morgan fingerprint density at radius 2 is 2.09 bits per heavy atom. The van der Waals surface area contributed by atoms with E-state index in [-0.39, 0.29) is 0 Å². The van der Waals surface area contributed by atoms with Crippen molar-refractivity contribution in [2.75, 3.05) is 0 Å². The fourth-order valence-electron chi connectivity index (χ4n) is 1.06. The Labute approximate surface area is 80.8 Å². The first-order valence-electron chi connectivity index (χ1n) is 3.81. The summed E-state index contributed by atoms with van der Waals surface area (Å²) in [6.07, 6.45) is 0. The molecule has 0 amide bonds. The van der Waals surface area contributed by atoms with Gasteiger partial charge in [-0.25, -0.2) is 0 Å². The summed E-state index contributed by atoms with van der Waals surface area (Å²) >= 11 is 5.46. The highest BCUT2D eigenvalue weighted by Gasteiger charge is 2.13. The van der Waals surface area contributed by atoms with Gasteiger partial charge in [-0.1, -0.05) is 29.8 Å². The summed E-state index contributed by atoms with van der Waals surface area (Å²) in [5.41, 5.74) is 1.42. The fourth-order valence-corrected chi connectivity index (χ4v) is 2.59. The van der Waals surface area contributed by atoms with Crippen LogP contribution in [0.2, 0.25) is 0 Å². The third-order valence-corrected chi connectivity index (χ3v) is 4.02. The molecule has 62 valence electrons. The van der Waals surface area contributed by atoms with Gasteiger partial charge >= 0.3 is 0 Å². The van der Waals surface area contributed by atoms with Gasteiger partial charge in [-0.05, 0) is 23.9 Å². The quantitative estimate of drug-likeness (QED) is 0.678. The van der Waals surface area contributed by atoms with E-state index in [1.54, 1.807) is 0 Å². The second-order valence-electron chi connectivity index (χ2n) is 2.93. The largest absolute Gasteiger partial charge is 0.148 e. The van der Waals surface area contributed by atoms with Crippen LogP contribution in [0.1, 0.15) is 30.2 Å². The molecular formula is C9H13BrS. The van der Waals surface area contributed by atoms with Gasteiger partial charge in [-0.15, -0.1) is 11.3 Å². The maximum Gasteiger partial charge on any atom is 0.0191 e.